The van der Waals surface area contributed by atoms with Gasteiger partial charge in [-0.05, 0) is 28.7 Å². The van der Waals surface area contributed by atoms with Gasteiger partial charge in [0.05, 0.1) is 0 Å². The van der Waals surface area contributed by atoms with Crippen molar-refractivity contribution in [1.29, 1.82) is 0 Å². The Hall–Kier alpha value is -2.82. The number of alkyl carbamates (subject to hydrolysis) is 1. The average Bonchev–Trinajstić information content (AvgIpc) is 3.00. The lowest BCUT2D eigenvalue weighted by atomic mass is 9.98. The Balaban J connectivity index is 1.49. The third kappa shape index (κ3) is 4.67. The fourth-order valence-corrected chi connectivity index (χ4v) is 3.42. The Kier molecular flexibility index (Phi) is 6.47. The van der Waals surface area contributed by atoms with Crippen LogP contribution in [-0.2, 0) is 9.53 Å². The highest BCUT2D eigenvalue weighted by atomic mass is 16.5. The quantitative estimate of drug-likeness (QED) is 0.698. The number of fused-ring (bicyclic) bond motifs is 3. The maximum atomic E-state index is 12.0. The van der Waals surface area contributed by atoms with Gasteiger partial charge in [0.25, 0.3) is 0 Å². The van der Waals surface area contributed by atoms with Crippen LogP contribution in [0.5, 0.6) is 0 Å². The minimum atomic E-state index is -0.488. The van der Waals surface area contributed by atoms with Crippen molar-refractivity contribution in [3.05, 3.63) is 59.7 Å². The summed E-state index contributed by atoms with van der Waals surface area (Å²) in [6, 6.07) is 16.4. The van der Waals surface area contributed by atoms with Gasteiger partial charge < -0.3 is 15.4 Å². The molecule has 0 bridgehead atoms. The molecule has 3 rings (SSSR count). The molecular weight excluding hydrogens is 340 g/mol. The van der Waals surface area contributed by atoms with Crippen molar-refractivity contribution in [3.63, 3.8) is 0 Å². The molecule has 0 spiro atoms. The van der Waals surface area contributed by atoms with Gasteiger partial charge in [-0.15, -0.1) is 0 Å². The minimum absolute atomic E-state index is 0.0421. The summed E-state index contributed by atoms with van der Waals surface area (Å²) in [7, 11) is 0. The van der Waals surface area contributed by atoms with E-state index in [1.54, 1.807) is 0 Å². The summed E-state index contributed by atoms with van der Waals surface area (Å²) < 4.78 is 5.44. The van der Waals surface area contributed by atoms with Crippen LogP contribution in [0.1, 0.15) is 43.2 Å². The van der Waals surface area contributed by atoms with Crippen LogP contribution >= 0.6 is 0 Å². The van der Waals surface area contributed by atoms with Gasteiger partial charge in [0, 0.05) is 25.4 Å². The molecule has 2 aromatic rings. The average molecular weight is 366 g/mol. The van der Waals surface area contributed by atoms with Crippen LogP contribution in [0.25, 0.3) is 11.1 Å². The molecule has 0 radical (unpaired) electrons. The van der Waals surface area contributed by atoms with E-state index in [1.165, 1.54) is 22.3 Å². The first-order chi connectivity index (χ1) is 13.2. The number of unbranched alkanes of at least 4 members (excludes halogenated alkanes) is 1. The highest BCUT2D eigenvalue weighted by Crippen LogP contribution is 2.44. The van der Waals surface area contributed by atoms with Crippen LogP contribution in [0.3, 0.4) is 0 Å². The minimum Gasteiger partial charge on any atom is -0.449 e. The fraction of sp³-hybridized carbons (Fsp3) is 0.364. The van der Waals surface area contributed by atoms with Crippen LogP contribution in [-0.4, -0.2) is 31.7 Å². The highest BCUT2D eigenvalue weighted by Gasteiger charge is 2.28. The second-order valence-corrected chi connectivity index (χ2v) is 6.71. The van der Waals surface area contributed by atoms with Gasteiger partial charge >= 0.3 is 6.09 Å². The van der Waals surface area contributed by atoms with E-state index in [2.05, 4.69) is 41.8 Å². The fourth-order valence-electron chi connectivity index (χ4n) is 3.42. The monoisotopic (exact) mass is 366 g/mol. The lowest BCUT2D eigenvalue weighted by Gasteiger charge is -2.14. The largest absolute Gasteiger partial charge is 0.449 e. The zero-order chi connectivity index (χ0) is 19.1. The Morgan fingerprint density at radius 1 is 0.926 bits per heavy atom. The normalized spacial score (nSPS) is 12.2. The molecule has 0 aliphatic heterocycles. The Bertz CT molecular complexity index is 758. The first kappa shape index (κ1) is 19.0. The molecular formula is C22H26N2O3. The number of hydrogen-bond donors (Lipinski definition) is 2. The summed E-state index contributed by atoms with van der Waals surface area (Å²) in [5.74, 6) is -0.0112. The van der Waals surface area contributed by atoms with E-state index < -0.39 is 6.09 Å². The molecule has 5 nitrogen and oxygen atoms in total. The van der Waals surface area contributed by atoms with Gasteiger partial charge in [0.15, 0.2) is 0 Å². The molecule has 0 unspecified atom stereocenters. The number of nitrogens with one attached hydrogen (secondary N) is 2. The standard InChI is InChI=1S/C22H26N2O3/c1-2-3-13-23-21(25)12-14-24-22(26)27-15-20-18-10-6-4-8-16(18)17-9-5-7-11-19(17)20/h4-11,20H,2-3,12-15H2,1H3,(H,23,25)(H,24,26). The van der Waals surface area contributed by atoms with Crippen molar-refractivity contribution < 1.29 is 14.3 Å². The Labute approximate surface area is 160 Å². The van der Waals surface area contributed by atoms with Gasteiger partial charge in [-0.25, -0.2) is 4.79 Å². The maximum absolute atomic E-state index is 12.0. The van der Waals surface area contributed by atoms with Gasteiger partial charge in [-0.2, -0.15) is 0 Å². The smallest absolute Gasteiger partial charge is 0.407 e. The number of rotatable bonds is 8. The van der Waals surface area contributed by atoms with E-state index in [0.717, 1.165) is 12.8 Å². The summed E-state index contributed by atoms with van der Waals surface area (Å²) in [6.45, 7) is 3.31. The number of carbonyl (C=O) groups is 2. The lowest BCUT2D eigenvalue weighted by Crippen LogP contribution is -2.32. The Morgan fingerprint density at radius 3 is 2.19 bits per heavy atom. The molecule has 2 aromatic carbocycles. The molecule has 1 aliphatic carbocycles. The van der Waals surface area contributed by atoms with Crippen LogP contribution < -0.4 is 10.6 Å². The molecule has 2 amide bonds. The third-order valence-corrected chi connectivity index (χ3v) is 4.82. The van der Waals surface area contributed by atoms with E-state index >= 15 is 0 Å². The molecule has 1 aliphatic rings. The first-order valence-corrected chi connectivity index (χ1v) is 9.56. The van der Waals surface area contributed by atoms with Crippen molar-refractivity contribution in [2.75, 3.05) is 19.7 Å². The molecule has 27 heavy (non-hydrogen) atoms. The SMILES string of the molecule is CCCCNC(=O)CCNC(=O)OCC1c2ccccc2-c2ccccc21. The number of benzene rings is 2. The van der Waals surface area contributed by atoms with E-state index in [1.807, 2.05) is 24.3 Å². The molecule has 0 atom stereocenters. The van der Waals surface area contributed by atoms with E-state index in [9.17, 15) is 9.59 Å². The Morgan fingerprint density at radius 2 is 1.56 bits per heavy atom. The topological polar surface area (TPSA) is 67.4 Å². The van der Waals surface area contributed by atoms with Crippen LogP contribution in [0.4, 0.5) is 4.79 Å². The number of ether oxygens (including phenoxy) is 1. The van der Waals surface area contributed by atoms with Gasteiger partial charge in [-0.1, -0.05) is 61.9 Å². The molecule has 0 saturated heterocycles. The van der Waals surface area contributed by atoms with Crippen molar-refractivity contribution >= 4 is 12.0 Å². The van der Waals surface area contributed by atoms with Crippen molar-refractivity contribution in [2.45, 2.75) is 32.1 Å². The van der Waals surface area contributed by atoms with E-state index in [4.69, 9.17) is 4.74 Å². The zero-order valence-corrected chi connectivity index (χ0v) is 15.7. The lowest BCUT2D eigenvalue weighted by molar-refractivity contribution is -0.120. The van der Waals surface area contributed by atoms with E-state index in [0.29, 0.717) is 6.54 Å². The predicted molar refractivity (Wildman–Crippen MR) is 106 cm³/mol. The molecule has 2 N–H and O–H groups in total. The van der Waals surface area contributed by atoms with Gasteiger partial charge in [-0.3, -0.25) is 4.79 Å². The first-order valence-electron chi connectivity index (χ1n) is 9.56. The summed E-state index contributed by atoms with van der Waals surface area (Å²) in [6.07, 6.45) is 1.77. The van der Waals surface area contributed by atoms with Crippen molar-refractivity contribution in [2.24, 2.45) is 0 Å². The zero-order valence-electron chi connectivity index (χ0n) is 15.7. The number of carbonyl (C=O) groups excluding carboxylic acids is 2. The number of hydrogen-bond acceptors (Lipinski definition) is 3. The highest BCUT2D eigenvalue weighted by molar-refractivity contribution is 5.79. The summed E-state index contributed by atoms with van der Waals surface area (Å²) in [4.78, 5) is 23.6. The summed E-state index contributed by atoms with van der Waals surface area (Å²) >= 11 is 0. The molecule has 5 heteroatoms. The molecule has 0 aromatic heterocycles. The van der Waals surface area contributed by atoms with Crippen molar-refractivity contribution in [3.8, 4) is 11.1 Å². The second-order valence-electron chi connectivity index (χ2n) is 6.71. The van der Waals surface area contributed by atoms with Gasteiger partial charge in [0.2, 0.25) is 5.91 Å². The van der Waals surface area contributed by atoms with Gasteiger partial charge in [0.1, 0.15) is 6.61 Å². The van der Waals surface area contributed by atoms with Crippen LogP contribution in [0, 0.1) is 0 Å². The van der Waals surface area contributed by atoms with Crippen LogP contribution in [0.2, 0.25) is 0 Å². The van der Waals surface area contributed by atoms with Crippen LogP contribution in [0.15, 0.2) is 48.5 Å². The molecule has 0 fully saturated rings. The second kappa shape index (κ2) is 9.21. The predicted octanol–water partition coefficient (Wildman–Crippen LogP) is 3.83. The summed E-state index contributed by atoms with van der Waals surface area (Å²) in [5.41, 5.74) is 4.76. The number of amides is 2. The van der Waals surface area contributed by atoms with Crippen molar-refractivity contribution in [1.82, 2.24) is 10.6 Å². The maximum Gasteiger partial charge on any atom is 0.407 e. The summed E-state index contributed by atoms with van der Waals surface area (Å²) in [5, 5.41) is 5.48. The molecule has 0 heterocycles. The molecule has 142 valence electrons. The third-order valence-electron chi connectivity index (χ3n) is 4.82. The van der Waals surface area contributed by atoms with E-state index in [-0.39, 0.29) is 31.4 Å². The molecule has 0 saturated carbocycles.